The Morgan fingerprint density at radius 1 is 0.889 bits per heavy atom. The van der Waals surface area contributed by atoms with Crippen LogP contribution in [-0.4, -0.2) is 5.78 Å². The molecular formula is C26H27O. The summed E-state index contributed by atoms with van der Waals surface area (Å²) in [5, 5.41) is 0. The van der Waals surface area contributed by atoms with Gasteiger partial charge in [0.2, 0.25) is 0 Å². The third-order valence-corrected chi connectivity index (χ3v) is 6.21. The zero-order valence-corrected chi connectivity index (χ0v) is 16.6. The van der Waals surface area contributed by atoms with Gasteiger partial charge in [0.05, 0.1) is 11.3 Å². The van der Waals surface area contributed by atoms with Crippen LogP contribution in [0.3, 0.4) is 0 Å². The lowest BCUT2D eigenvalue weighted by molar-refractivity contribution is -0.127. The highest BCUT2D eigenvalue weighted by Crippen LogP contribution is 2.51. The van der Waals surface area contributed by atoms with Gasteiger partial charge in [-0.2, -0.15) is 0 Å². The average Bonchev–Trinajstić information content (AvgIpc) is 3.01. The summed E-state index contributed by atoms with van der Waals surface area (Å²) in [5.41, 5.74) is 5.37. The number of Topliss-reactive ketones (excluding diaryl/α,β-unsaturated/α-hetero) is 1. The molecule has 0 N–H and O–H groups in total. The molecule has 0 saturated heterocycles. The number of ketones is 1. The van der Waals surface area contributed by atoms with Gasteiger partial charge in [-0.15, -0.1) is 0 Å². The third kappa shape index (κ3) is 2.72. The van der Waals surface area contributed by atoms with Crippen LogP contribution in [0.15, 0.2) is 72.3 Å². The first-order valence-corrected chi connectivity index (χ1v) is 9.93. The van der Waals surface area contributed by atoms with E-state index in [1.165, 1.54) is 16.7 Å². The van der Waals surface area contributed by atoms with Gasteiger partial charge in [0.25, 0.3) is 0 Å². The maximum atomic E-state index is 14.1. The minimum absolute atomic E-state index is 0.198. The van der Waals surface area contributed by atoms with E-state index in [0.717, 1.165) is 11.1 Å². The molecule has 137 valence electrons. The quantitative estimate of drug-likeness (QED) is 0.623. The number of carbonyl (C=O) groups is 1. The first kappa shape index (κ1) is 18.0. The van der Waals surface area contributed by atoms with E-state index in [2.05, 4.69) is 88.7 Å². The molecule has 0 aliphatic heterocycles. The summed E-state index contributed by atoms with van der Waals surface area (Å²) in [7, 11) is 0. The fourth-order valence-electron chi connectivity index (χ4n) is 4.53. The second kappa shape index (κ2) is 6.64. The van der Waals surface area contributed by atoms with E-state index < -0.39 is 5.41 Å². The van der Waals surface area contributed by atoms with E-state index >= 15 is 0 Å². The molecule has 2 aromatic rings. The predicted molar refractivity (Wildman–Crippen MR) is 112 cm³/mol. The predicted octanol–water partition coefficient (Wildman–Crippen LogP) is 6.37. The molecule has 0 heterocycles. The zero-order chi connectivity index (χ0) is 19.2. The molecular weight excluding hydrogens is 328 g/mol. The van der Waals surface area contributed by atoms with E-state index in [9.17, 15) is 4.79 Å². The average molecular weight is 356 g/mol. The molecule has 0 aromatic heterocycles. The summed E-state index contributed by atoms with van der Waals surface area (Å²) in [6.45, 7) is 8.71. The highest BCUT2D eigenvalue weighted by Gasteiger charge is 2.47. The smallest absolute Gasteiger partial charge is 0.155 e. The van der Waals surface area contributed by atoms with Crippen molar-refractivity contribution in [1.82, 2.24) is 0 Å². The fourth-order valence-corrected chi connectivity index (χ4v) is 4.53. The van der Waals surface area contributed by atoms with Crippen molar-refractivity contribution in [3.8, 4) is 11.1 Å². The number of benzene rings is 2. The molecule has 2 aromatic carbocycles. The molecule has 1 nitrogen and oxygen atoms in total. The van der Waals surface area contributed by atoms with Crippen molar-refractivity contribution in [2.75, 3.05) is 0 Å². The first-order chi connectivity index (χ1) is 13.0. The Kier molecular flexibility index (Phi) is 4.42. The molecule has 0 fully saturated rings. The number of hydrogen-bond acceptors (Lipinski definition) is 1. The summed E-state index contributed by atoms with van der Waals surface area (Å²) in [4.78, 5) is 14.1. The number of allylic oxidation sites excluding steroid dienone is 4. The van der Waals surface area contributed by atoms with Crippen molar-refractivity contribution in [1.29, 1.82) is 0 Å². The van der Waals surface area contributed by atoms with Gasteiger partial charge in [-0.25, -0.2) is 0 Å². The van der Waals surface area contributed by atoms with Crippen molar-refractivity contribution < 1.29 is 4.79 Å². The number of carbonyl (C=O) groups excluding carboxylic acids is 1. The molecule has 0 saturated carbocycles. The number of rotatable bonds is 4. The minimum atomic E-state index is -0.566. The topological polar surface area (TPSA) is 17.1 Å². The molecule has 0 amide bonds. The van der Waals surface area contributed by atoms with Crippen LogP contribution in [0.4, 0.5) is 0 Å². The molecule has 1 radical (unpaired) electrons. The Bertz CT molecular complexity index is 899. The van der Waals surface area contributed by atoms with Crippen molar-refractivity contribution in [3.05, 3.63) is 89.9 Å². The van der Waals surface area contributed by atoms with E-state index in [1.54, 1.807) is 0 Å². The zero-order valence-electron chi connectivity index (χ0n) is 16.6. The lowest BCUT2D eigenvalue weighted by Crippen LogP contribution is -2.40. The van der Waals surface area contributed by atoms with Crippen LogP contribution >= 0.6 is 0 Å². The van der Waals surface area contributed by atoms with Crippen molar-refractivity contribution in [3.63, 3.8) is 0 Å². The monoisotopic (exact) mass is 355 g/mol. The second-order valence-corrected chi connectivity index (χ2v) is 8.38. The molecule has 0 bridgehead atoms. The van der Waals surface area contributed by atoms with Crippen molar-refractivity contribution in [2.45, 2.75) is 33.6 Å². The highest BCUT2D eigenvalue weighted by atomic mass is 16.1. The molecule has 2 aliphatic rings. The summed E-state index contributed by atoms with van der Waals surface area (Å²) in [5.74, 6) is 0.692. The number of hydrogen-bond donors (Lipinski definition) is 0. The normalized spacial score (nSPS) is 21.3. The fraction of sp³-hybridized carbons (Fsp3) is 0.308. The second-order valence-electron chi connectivity index (χ2n) is 8.38. The van der Waals surface area contributed by atoms with Gasteiger partial charge in [0.1, 0.15) is 0 Å². The van der Waals surface area contributed by atoms with Crippen molar-refractivity contribution in [2.24, 2.45) is 17.3 Å². The summed E-state index contributed by atoms with van der Waals surface area (Å²) in [6, 6.07) is 16.8. The molecule has 0 spiro atoms. The minimum Gasteiger partial charge on any atom is -0.298 e. The van der Waals surface area contributed by atoms with Gasteiger partial charge in [-0.05, 0) is 34.1 Å². The molecule has 2 aliphatic carbocycles. The van der Waals surface area contributed by atoms with E-state index in [1.807, 2.05) is 12.1 Å². The van der Waals surface area contributed by atoms with Crippen LogP contribution in [0.5, 0.6) is 0 Å². The first-order valence-electron chi connectivity index (χ1n) is 9.93. The van der Waals surface area contributed by atoms with Crippen molar-refractivity contribution >= 4 is 5.78 Å². The van der Waals surface area contributed by atoms with Gasteiger partial charge in [-0.1, -0.05) is 100 Å². The van der Waals surface area contributed by atoms with Crippen LogP contribution in [0.25, 0.3) is 11.1 Å². The Balaban J connectivity index is 1.84. The maximum absolute atomic E-state index is 14.1. The molecule has 1 atom stereocenters. The van der Waals surface area contributed by atoms with Gasteiger partial charge in [0, 0.05) is 6.42 Å². The lowest BCUT2D eigenvalue weighted by Gasteiger charge is -2.39. The largest absolute Gasteiger partial charge is 0.298 e. The summed E-state index contributed by atoms with van der Waals surface area (Å²) < 4.78 is 0. The van der Waals surface area contributed by atoms with Crippen LogP contribution < -0.4 is 0 Å². The summed E-state index contributed by atoms with van der Waals surface area (Å²) in [6.07, 6.45) is 8.58. The van der Waals surface area contributed by atoms with Crippen LogP contribution in [0.1, 0.15) is 44.7 Å². The van der Waals surface area contributed by atoms with Crippen LogP contribution in [-0.2, 0) is 4.79 Å². The molecule has 1 unspecified atom stereocenters. The third-order valence-electron chi connectivity index (χ3n) is 6.21. The Morgan fingerprint density at radius 2 is 1.44 bits per heavy atom. The van der Waals surface area contributed by atoms with Gasteiger partial charge < -0.3 is 0 Å². The van der Waals surface area contributed by atoms with E-state index in [4.69, 9.17) is 0 Å². The van der Waals surface area contributed by atoms with E-state index in [0.29, 0.717) is 5.92 Å². The Labute approximate surface area is 162 Å². The van der Waals surface area contributed by atoms with E-state index in [-0.39, 0.29) is 17.6 Å². The Morgan fingerprint density at radius 3 is 1.96 bits per heavy atom. The van der Waals surface area contributed by atoms with Gasteiger partial charge in [-0.3, -0.25) is 4.79 Å². The van der Waals surface area contributed by atoms with Crippen LogP contribution in [0, 0.1) is 23.7 Å². The molecule has 1 heteroatoms. The SMILES string of the molecule is CC(C)C1=CC=CC(C(=O)C2c3ccccc3-c3ccccc32)(C(C)C)[CH]1. The lowest BCUT2D eigenvalue weighted by atomic mass is 9.62. The maximum Gasteiger partial charge on any atom is 0.155 e. The molecule has 4 rings (SSSR count). The highest BCUT2D eigenvalue weighted by molar-refractivity contribution is 6.02. The molecule has 27 heavy (non-hydrogen) atoms. The Hall–Kier alpha value is -2.41. The number of fused-ring (bicyclic) bond motifs is 3. The standard InChI is InChI=1S/C26H27O/c1-17(2)19-10-9-15-26(16-19,18(3)4)25(27)24-22-13-7-5-11-20(22)21-12-6-8-14-23(21)24/h5-18,24H,1-4H3. The van der Waals surface area contributed by atoms with Crippen LogP contribution in [0.2, 0.25) is 0 Å². The summed E-state index contributed by atoms with van der Waals surface area (Å²) >= 11 is 0. The van der Waals surface area contributed by atoms with Gasteiger partial charge >= 0.3 is 0 Å². The van der Waals surface area contributed by atoms with Gasteiger partial charge in [0.15, 0.2) is 5.78 Å².